The van der Waals surface area contributed by atoms with Crippen LogP contribution in [0.4, 0.5) is 0 Å². The lowest BCUT2D eigenvalue weighted by atomic mass is 9.82. The van der Waals surface area contributed by atoms with Gasteiger partial charge in [0.05, 0.1) is 5.56 Å². The third-order valence-electron chi connectivity index (χ3n) is 9.96. The summed E-state index contributed by atoms with van der Waals surface area (Å²) in [5.74, 6) is 1.50. The zero-order valence-corrected chi connectivity index (χ0v) is 25.9. The number of aliphatic imine (C=N–C) groups is 2. The standard InChI is InChI=1S/C42H29N3O2/c1-42(2)32-17-6-3-13-29(32)37-30(15-10-18-33(37)42)40-43-39(24-21-22-27-25-11-4-7-19-34(25)46-36(27)23-24)44-41(45-40)31-16-9-14-28-26-12-5-8-20-35(26)47-38(28)31/h3-23,39H,1-2H3,(H,43,44,45). The summed E-state index contributed by atoms with van der Waals surface area (Å²) in [6.07, 6.45) is -0.501. The number of fused-ring (bicyclic) bond motifs is 9. The Hall–Kier alpha value is -5.94. The molecule has 0 fully saturated rings. The molecule has 5 nitrogen and oxygen atoms in total. The summed E-state index contributed by atoms with van der Waals surface area (Å²) < 4.78 is 12.8. The van der Waals surface area contributed by atoms with Gasteiger partial charge in [0, 0.05) is 38.1 Å². The molecule has 8 aromatic rings. The van der Waals surface area contributed by atoms with Crippen molar-refractivity contribution in [2.75, 3.05) is 0 Å². The van der Waals surface area contributed by atoms with Crippen LogP contribution in [-0.4, -0.2) is 11.7 Å². The Morgan fingerprint density at radius 1 is 0.532 bits per heavy atom. The second-order valence-electron chi connectivity index (χ2n) is 13.0. The van der Waals surface area contributed by atoms with Gasteiger partial charge >= 0.3 is 0 Å². The number of nitrogens with one attached hydrogen (secondary N) is 1. The predicted octanol–water partition coefficient (Wildman–Crippen LogP) is 10.3. The zero-order valence-electron chi connectivity index (χ0n) is 25.9. The van der Waals surface area contributed by atoms with Gasteiger partial charge in [-0.15, -0.1) is 0 Å². The average Bonchev–Trinajstić information content (AvgIpc) is 3.76. The molecular weight excluding hydrogens is 578 g/mol. The second-order valence-corrected chi connectivity index (χ2v) is 13.0. The maximum Gasteiger partial charge on any atom is 0.169 e. The van der Waals surface area contributed by atoms with Crippen molar-refractivity contribution in [2.24, 2.45) is 9.98 Å². The number of furan rings is 2. The van der Waals surface area contributed by atoms with Gasteiger partial charge in [0.2, 0.25) is 0 Å². The summed E-state index contributed by atoms with van der Waals surface area (Å²) in [7, 11) is 0. The Morgan fingerprint density at radius 3 is 1.98 bits per heavy atom. The number of para-hydroxylation sites is 3. The van der Waals surface area contributed by atoms with Crippen LogP contribution in [0.5, 0.6) is 0 Å². The summed E-state index contributed by atoms with van der Waals surface area (Å²) >= 11 is 0. The molecule has 0 saturated heterocycles. The molecule has 0 saturated carbocycles. The van der Waals surface area contributed by atoms with E-state index in [-0.39, 0.29) is 5.41 Å². The van der Waals surface area contributed by atoms with E-state index in [0.717, 1.165) is 72.2 Å². The molecule has 2 aromatic heterocycles. The highest BCUT2D eigenvalue weighted by atomic mass is 16.3. The molecule has 0 amide bonds. The fourth-order valence-corrected chi connectivity index (χ4v) is 7.66. The monoisotopic (exact) mass is 607 g/mol. The van der Waals surface area contributed by atoms with Gasteiger partial charge in [-0.05, 0) is 46.5 Å². The molecule has 3 heterocycles. The number of benzene rings is 6. The minimum atomic E-state index is -0.501. The summed E-state index contributed by atoms with van der Waals surface area (Å²) in [6.45, 7) is 4.61. The van der Waals surface area contributed by atoms with Crippen molar-refractivity contribution in [3.63, 3.8) is 0 Å². The largest absolute Gasteiger partial charge is 0.456 e. The van der Waals surface area contributed by atoms with E-state index in [9.17, 15) is 0 Å². The molecule has 224 valence electrons. The summed E-state index contributed by atoms with van der Waals surface area (Å²) in [6, 6.07) is 44.2. The normalized spacial score (nSPS) is 16.7. The number of rotatable bonds is 3. The van der Waals surface area contributed by atoms with E-state index in [1.54, 1.807) is 0 Å². The lowest BCUT2D eigenvalue weighted by Gasteiger charge is -2.24. The third kappa shape index (κ3) is 3.77. The molecule has 1 unspecified atom stereocenters. The zero-order chi connectivity index (χ0) is 31.3. The number of hydrogen-bond donors (Lipinski definition) is 1. The molecule has 10 rings (SSSR count). The van der Waals surface area contributed by atoms with Gasteiger partial charge in [0.25, 0.3) is 0 Å². The van der Waals surface area contributed by atoms with Crippen LogP contribution >= 0.6 is 0 Å². The molecule has 0 bridgehead atoms. The molecule has 0 radical (unpaired) electrons. The SMILES string of the molecule is CC1(C)c2ccccc2-c2c(C3=NC(c4ccc5c(c4)oc4ccccc45)N=C(c4cccc5c4oc4ccccc45)N3)cccc21. The summed E-state index contributed by atoms with van der Waals surface area (Å²) in [4.78, 5) is 10.6. The Morgan fingerprint density at radius 2 is 1.13 bits per heavy atom. The van der Waals surface area contributed by atoms with Gasteiger partial charge < -0.3 is 14.2 Å². The molecule has 1 aliphatic heterocycles. The maximum atomic E-state index is 6.48. The van der Waals surface area contributed by atoms with Gasteiger partial charge in [-0.3, -0.25) is 0 Å². The number of hydrogen-bond acceptors (Lipinski definition) is 5. The van der Waals surface area contributed by atoms with E-state index in [1.165, 1.54) is 22.3 Å². The quantitative estimate of drug-likeness (QED) is 0.217. The smallest absolute Gasteiger partial charge is 0.169 e. The van der Waals surface area contributed by atoms with Crippen LogP contribution in [-0.2, 0) is 5.41 Å². The van der Waals surface area contributed by atoms with E-state index in [0.29, 0.717) is 0 Å². The second kappa shape index (κ2) is 9.54. The lowest BCUT2D eigenvalue weighted by molar-refractivity contribution is 0.660. The number of amidine groups is 2. The summed E-state index contributed by atoms with van der Waals surface area (Å²) in [5.41, 5.74) is 11.2. The van der Waals surface area contributed by atoms with Crippen LogP contribution in [0.2, 0.25) is 0 Å². The van der Waals surface area contributed by atoms with Crippen LogP contribution in [0.1, 0.15) is 47.8 Å². The van der Waals surface area contributed by atoms with E-state index >= 15 is 0 Å². The topological polar surface area (TPSA) is 63.0 Å². The van der Waals surface area contributed by atoms with Crippen molar-refractivity contribution < 1.29 is 8.83 Å². The molecule has 6 aromatic carbocycles. The molecule has 47 heavy (non-hydrogen) atoms. The Labute approximate surface area is 270 Å². The van der Waals surface area contributed by atoms with Crippen LogP contribution < -0.4 is 5.32 Å². The third-order valence-corrected chi connectivity index (χ3v) is 9.96. The minimum Gasteiger partial charge on any atom is -0.456 e. The van der Waals surface area contributed by atoms with E-state index in [1.807, 2.05) is 36.4 Å². The molecule has 1 N–H and O–H groups in total. The Kier molecular flexibility index (Phi) is 5.33. The highest BCUT2D eigenvalue weighted by molar-refractivity contribution is 6.22. The number of nitrogens with zero attached hydrogens (tertiary/aromatic N) is 2. The van der Waals surface area contributed by atoms with Crippen LogP contribution in [0.3, 0.4) is 0 Å². The van der Waals surface area contributed by atoms with Crippen LogP contribution in [0.15, 0.2) is 146 Å². The first kappa shape index (κ1) is 26.3. The van der Waals surface area contributed by atoms with Gasteiger partial charge in [-0.25, -0.2) is 9.98 Å². The molecule has 0 spiro atoms. The fourth-order valence-electron chi connectivity index (χ4n) is 7.66. The maximum absolute atomic E-state index is 6.48. The van der Waals surface area contributed by atoms with E-state index in [4.69, 9.17) is 18.8 Å². The van der Waals surface area contributed by atoms with Gasteiger partial charge in [0.1, 0.15) is 34.0 Å². The van der Waals surface area contributed by atoms with Crippen molar-refractivity contribution in [3.05, 3.63) is 155 Å². The molecule has 2 aliphatic rings. The first-order valence-electron chi connectivity index (χ1n) is 16.0. The average molecular weight is 608 g/mol. The predicted molar refractivity (Wildman–Crippen MR) is 190 cm³/mol. The van der Waals surface area contributed by atoms with Crippen LogP contribution in [0.25, 0.3) is 55.0 Å². The van der Waals surface area contributed by atoms with Gasteiger partial charge in [-0.2, -0.15) is 0 Å². The fraction of sp³-hybridized carbons (Fsp3) is 0.0952. The Bertz CT molecular complexity index is 2650. The summed E-state index contributed by atoms with van der Waals surface area (Å²) in [5, 5.41) is 8.01. The van der Waals surface area contributed by atoms with Crippen molar-refractivity contribution >= 4 is 55.5 Å². The lowest BCUT2D eigenvalue weighted by Crippen LogP contribution is -2.36. The Balaban J connectivity index is 1.19. The van der Waals surface area contributed by atoms with E-state index in [2.05, 4.69) is 110 Å². The minimum absolute atomic E-state index is 0.125. The van der Waals surface area contributed by atoms with E-state index < -0.39 is 6.17 Å². The van der Waals surface area contributed by atoms with Gasteiger partial charge in [-0.1, -0.05) is 117 Å². The highest BCUT2D eigenvalue weighted by Gasteiger charge is 2.37. The van der Waals surface area contributed by atoms with Crippen molar-refractivity contribution in [1.82, 2.24) is 5.32 Å². The molecular formula is C42H29N3O2. The molecule has 5 heteroatoms. The van der Waals surface area contributed by atoms with Crippen molar-refractivity contribution in [2.45, 2.75) is 25.4 Å². The van der Waals surface area contributed by atoms with Crippen molar-refractivity contribution in [1.29, 1.82) is 0 Å². The molecule has 1 aliphatic carbocycles. The van der Waals surface area contributed by atoms with Crippen LogP contribution in [0, 0.1) is 0 Å². The first-order chi connectivity index (χ1) is 23.0. The van der Waals surface area contributed by atoms with Gasteiger partial charge in [0.15, 0.2) is 6.17 Å². The van der Waals surface area contributed by atoms with Crippen molar-refractivity contribution in [3.8, 4) is 11.1 Å². The first-order valence-corrected chi connectivity index (χ1v) is 16.0. The highest BCUT2D eigenvalue weighted by Crippen LogP contribution is 2.50. The molecule has 1 atom stereocenters.